The van der Waals surface area contributed by atoms with Crippen LogP contribution in [0, 0.1) is 0 Å². The summed E-state index contributed by atoms with van der Waals surface area (Å²) in [5.41, 5.74) is 0. The van der Waals surface area contributed by atoms with Gasteiger partial charge in [-0.1, -0.05) is 0 Å². The van der Waals surface area contributed by atoms with Gasteiger partial charge in [0.1, 0.15) is 0 Å². The van der Waals surface area contributed by atoms with Gasteiger partial charge in [-0.05, 0) is 0 Å². The second-order valence-electron chi connectivity index (χ2n) is 3.51. The van der Waals surface area contributed by atoms with Crippen LogP contribution in [0.5, 0.6) is 0 Å². The molecule has 0 heterocycles. The maximum absolute atomic E-state index is 10.1. The van der Waals surface area contributed by atoms with Crippen molar-refractivity contribution in [2.24, 2.45) is 0 Å². The molecule has 3 nitrogen and oxygen atoms in total. The lowest BCUT2D eigenvalue weighted by molar-refractivity contribution is -0.870. The molecule has 0 atom stereocenters. The van der Waals surface area contributed by atoms with Crippen molar-refractivity contribution in [3.63, 3.8) is 0 Å². The summed E-state index contributed by atoms with van der Waals surface area (Å²) in [4.78, 5) is 10.1. The van der Waals surface area contributed by atoms with Gasteiger partial charge in [0, 0.05) is 6.42 Å². The number of carbonyl (C=O) groups is 1. The lowest BCUT2D eigenvalue weighted by Gasteiger charge is -2.23. The fraction of sp³-hybridized carbons (Fsp3) is 0.857. The van der Waals surface area contributed by atoms with E-state index in [0.29, 0.717) is 0 Å². The summed E-state index contributed by atoms with van der Waals surface area (Å²) >= 11 is 0. The maximum atomic E-state index is 10.1. The summed E-state index contributed by atoms with van der Waals surface area (Å²) < 4.78 is 0.841. The normalized spacial score (nSPS) is 10.5. The third kappa shape index (κ3) is 13.2. The van der Waals surface area contributed by atoms with E-state index in [-0.39, 0.29) is 30.4 Å². The van der Waals surface area contributed by atoms with Crippen molar-refractivity contribution in [1.29, 1.82) is 0 Å². The monoisotopic (exact) mass is 273 g/mol. The van der Waals surface area contributed by atoms with Crippen molar-refractivity contribution in [3.05, 3.63) is 0 Å². The lowest BCUT2D eigenvalue weighted by atomic mass is 10.3. The minimum absolute atomic E-state index is 0. The van der Waals surface area contributed by atoms with Crippen LogP contribution in [-0.4, -0.2) is 43.2 Å². The molecule has 0 amide bonds. The van der Waals surface area contributed by atoms with Gasteiger partial charge < -0.3 is 33.6 Å². The molecule has 0 unspecified atom stereocenters. The Morgan fingerprint density at radius 2 is 1.82 bits per heavy atom. The summed E-state index contributed by atoms with van der Waals surface area (Å²) in [5.74, 6) is -0.701. The van der Waals surface area contributed by atoms with E-state index in [2.05, 4.69) is 21.1 Å². The molecule has 0 aliphatic carbocycles. The molecule has 0 saturated heterocycles. The van der Waals surface area contributed by atoms with E-state index in [0.717, 1.165) is 17.4 Å². The Morgan fingerprint density at radius 1 is 1.36 bits per heavy atom. The molecule has 11 heavy (non-hydrogen) atoms. The molecule has 0 aliphatic heterocycles. The van der Waals surface area contributed by atoms with Gasteiger partial charge in [-0.2, -0.15) is 0 Å². The van der Waals surface area contributed by atoms with Gasteiger partial charge in [-0.25, -0.2) is 0 Å². The number of carboxylic acid groups (broad SMARTS) is 1. The van der Waals surface area contributed by atoms with Crippen molar-refractivity contribution in [1.82, 2.24) is 0 Å². The minimum atomic E-state index is -0.701. The number of quaternary nitrogens is 1. The summed E-state index contributed by atoms with van der Waals surface area (Å²) in [7, 11) is 6.17. The standard InChI is InChI=1S/C7H15NO2.HI/c1-8(2,3)6-4-5-7(9)10;/h4-6H2,1-3H3;1H. The molecule has 0 saturated carbocycles. The van der Waals surface area contributed by atoms with E-state index in [1.165, 1.54) is 0 Å². The van der Waals surface area contributed by atoms with Crippen LogP contribution >= 0.6 is 0 Å². The summed E-state index contributed by atoms with van der Waals surface area (Å²) in [6, 6.07) is 0. The van der Waals surface area contributed by atoms with Gasteiger partial charge in [0.05, 0.1) is 34.1 Å². The van der Waals surface area contributed by atoms with Crippen molar-refractivity contribution < 1.29 is 38.4 Å². The maximum Gasteiger partial charge on any atom is 0.303 e. The van der Waals surface area contributed by atoms with E-state index in [4.69, 9.17) is 5.11 Å². The van der Waals surface area contributed by atoms with E-state index >= 15 is 0 Å². The second kappa shape index (κ2) is 5.77. The fourth-order valence-electron chi connectivity index (χ4n) is 0.705. The number of aliphatic carboxylic acids is 1. The third-order valence-electron chi connectivity index (χ3n) is 1.22. The Bertz CT molecular complexity index is 120. The van der Waals surface area contributed by atoms with Crippen LogP contribution < -0.4 is 24.0 Å². The van der Waals surface area contributed by atoms with Gasteiger partial charge in [-0.15, -0.1) is 0 Å². The third-order valence-corrected chi connectivity index (χ3v) is 1.22. The number of hydrogen-bond acceptors (Lipinski definition) is 1. The predicted octanol–water partition coefficient (Wildman–Crippen LogP) is -2.44. The van der Waals surface area contributed by atoms with Crippen LogP contribution in [0.4, 0.5) is 0 Å². The quantitative estimate of drug-likeness (QED) is 0.456. The largest absolute Gasteiger partial charge is 1.00 e. The Hall–Kier alpha value is 0.160. The Labute approximate surface area is 85.0 Å². The summed E-state index contributed by atoms with van der Waals surface area (Å²) in [6.45, 7) is 0.923. The first-order valence-electron chi connectivity index (χ1n) is 3.44. The first kappa shape index (κ1) is 13.7. The molecule has 0 aromatic rings. The first-order valence-corrected chi connectivity index (χ1v) is 3.44. The van der Waals surface area contributed by atoms with Gasteiger partial charge in [-0.3, -0.25) is 4.79 Å². The highest BCUT2D eigenvalue weighted by Crippen LogP contribution is 1.96. The van der Waals surface area contributed by atoms with Gasteiger partial charge in [0.25, 0.3) is 0 Å². The molecule has 0 radical (unpaired) electrons. The van der Waals surface area contributed by atoms with Crippen molar-refractivity contribution in [3.8, 4) is 0 Å². The van der Waals surface area contributed by atoms with Crippen LogP contribution in [0.2, 0.25) is 0 Å². The molecule has 1 N–H and O–H groups in total. The van der Waals surface area contributed by atoms with Crippen molar-refractivity contribution >= 4 is 5.97 Å². The molecular formula is C7H16INO2. The zero-order chi connectivity index (χ0) is 8.20. The molecule has 0 fully saturated rings. The van der Waals surface area contributed by atoms with Crippen LogP contribution in [0.3, 0.4) is 0 Å². The molecule has 4 heteroatoms. The first-order chi connectivity index (χ1) is 4.42. The highest BCUT2D eigenvalue weighted by Gasteiger charge is 2.07. The Kier molecular flexibility index (Phi) is 7.20. The zero-order valence-electron chi connectivity index (χ0n) is 7.30. The second-order valence-corrected chi connectivity index (χ2v) is 3.51. The molecule has 0 spiro atoms. The highest BCUT2D eigenvalue weighted by molar-refractivity contribution is 5.66. The number of hydrogen-bond donors (Lipinski definition) is 1. The van der Waals surface area contributed by atoms with E-state index in [9.17, 15) is 4.79 Å². The Morgan fingerprint density at radius 3 is 2.09 bits per heavy atom. The molecule has 0 bridgehead atoms. The molecular weight excluding hydrogens is 257 g/mol. The SMILES string of the molecule is C[N+](C)(C)CCCC(=O)O.[I-]. The van der Waals surface area contributed by atoms with Gasteiger partial charge in [0.15, 0.2) is 0 Å². The smallest absolute Gasteiger partial charge is 0.303 e. The minimum Gasteiger partial charge on any atom is -1.00 e. The van der Waals surface area contributed by atoms with Crippen molar-refractivity contribution in [2.45, 2.75) is 12.8 Å². The van der Waals surface area contributed by atoms with Gasteiger partial charge >= 0.3 is 5.97 Å². The predicted molar refractivity (Wildman–Crippen MR) is 39.8 cm³/mol. The van der Waals surface area contributed by atoms with Crippen molar-refractivity contribution in [2.75, 3.05) is 27.7 Å². The van der Waals surface area contributed by atoms with Crippen LogP contribution in [0.15, 0.2) is 0 Å². The molecule has 0 aromatic heterocycles. The van der Waals surface area contributed by atoms with Crippen LogP contribution in [0.25, 0.3) is 0 Å². The molecule has 0 rings (SSSR count). The number of nitrogens with zero attached hydrogens (tertiary/aromatic N) is 1. The topological polar surface area (TPSA) is 37.3 Å². The summed E-state index contributed by atoms with van der Waals surface area (Å²) in [6.07, 6.45) is 1.05. The summed E-state index contributed by atoms with van der Waals surface area (Å²) in [5, 5.41) is 8.30. The van der Waals surface area contributed by atoms with Gasteiger partial charge in [0.2, 0.25) is 0 Å². The average Bonchev–Trinajstić information content (AvgIpc) is 1.59. The lowest BCUT2D eigenvalue weighted by Crippen LogP contribution is -3.00. The van der Waals surface area contributed by atoms with E-state index in [1.54, 1.807) is 0 Å². The molecule has 68 valence electrons. The number of halogens is 1. The van der Waals surface area contributed by atoms with Crippen LogP contribution in [-0.2, 0) is 4.79 Å². The van der Waals surface area contributed by atoms with Crippen LogP contribution in [0.1, 0.15) is 12.8 Å². The molecule has 0 aliphatic rings. The Balaban J connectivity index is 0. The number of rotatable bonds is 4. The average molecular weight is 273 g/mol. The fourth-order valence-corrected chi connectivity index (χ4v) is 0.705. The van der Waals surface area contributed by atoms with E-state index in [1.807, 2.05) is 0 Å². The van der Waals surface area contributed by atoms with E-state index < -0.39 is 5.97 Å². The molecule has 0 aromatic carbocycles. The highest BCUT2D eigenvalue weighted by atomic mass is 127. The number of carboxylic acids is 1. The zero-order valence-corrected chi connectivity index (χ0v) is 9.46.